The van der Waals surface area contributed by atoms with Gasteiger partial charge in [-0.3, -0.25) is 0 Å². The van der Waals surface area contributed by atoms with Crippen molar-refractivity contribution >= 4 is 17.7 Å². The highest BCUT2D eigenvalue weighted by atomic mass is 32.2. The molecule has 1 heterocycles. The first-order valence-corrected chi connectivity index (χ1v) is 6.74. The van der Waals surface area contributed by atoms with Gasteiger partial charge < -0.3 is 14.9 Å². The molecular formula is C12H19NO3S. The van der Waals surface area contributed by atoms with E-state index in [1.54, 1.807) is 24.8 Å². The summed E-state index contributed by atoms with van der Waals surface area (Å²) in [6, 6.07) is 1.96. The largest absolute Gasteiger partial charge is 0.465 e. The molecule has 0 radical (unpaired) electrons. The summed E-state index contributed by atoms with van der Waals surface area (Å²) in [5.41, 5.74) is 6.32. The molecule has 5 heteroatoms. The molecule has 0 saturated heterocycles. The summed E-state index contributed by atoms with van der Waals surface area (Å²) in [6.07, 6.45) is 0.970. The molecular weight excluding hydrogens is 238 g/mol. The number of hydrogen-bond acceptors (Lipinski definition) is 5. The van der Waals surface area contributed by atoms with Crippen LogP contribution < -0.4 is 5.73 Å². The van der Waals surface area contributed by atoms with Crippen molar-refractivity contribution in [2.45, 2.75) is 32.1 Å². The van der Waals surface area contributed by atoms with Gasteiger partial charge in [-0.25, -0.2) is 4.79 Å². The molecule has 17 heavy (non-hydrogen) atoms. The van der Waals surface area contributed by atoms with E-state index in [0.29, 0.717) is 11.3 Å². The smallest absolute Gasteiger partial charge is 0.341 e. The van der Waals surface area contributed by atoms with Crippen LogP contribution in [0.3, 0.4) is 0 Å². The maximum absolute atomic E-state index is 11.4. The molecule has 0 saturated carbocycles. The number of hydrogen-bond donors (Lipinski definition) is 1. The zero-order valence-corrected chi connectivity index (χ0v) is 11.3. The zero-order valence-electron chi connectivity index (χ0n) is 10.5. The van der Waals surface area contributed by atoms with Gasteiger partial charge in [0.15, 0.2) is 0 Å². The molecule has 1 unspecified atom stereocenters. The molecule has 0 fully saturated rings. The first kappa shape index (κ1) is 14.1. The number of rotatable bonds is 6. The third-order valence-electron chi connectivity index (χ3n) is 2.47. The number of aryl methyl sites for hydroxylation is 1. The molecule has 0 aliphatic rings. The van der Waals surface area contributed by atoms with Gasteiger partial charge in [0.05, 0.1) is 12.9 Å². The van der Waals surface area contributed by atoms with Crippen LogP contribution in [0.1, 0.15) is 35.2 Å². The minimum Gasteiger partial charge on any atom is -0.465 e. The normalized spacial score (nSPS) is 12.5. The molecule has 96 valence electrons. The molecule has 1 rings (SSSR count). The highest BCUT2D eigenvalue weighted by Crippen LogP contribution is 2.20. The topological polar surface area (TPSA) is 65.5 Å². The van der Waals surface area contributed by atoms with Gasteiger partial charge in [-0.15, -0.1) is 0 Å². The number of carbonyl (C=O) groups excluding carboxylic acids is 1. The van der Waals surface area contributed by atoms with Crippen LogP contribution in [0.25, 0.3) is 0 Å². The standard InChI is InChI=1S/C12H19NO3S/c1-4-9(13)6-17-7-10-5-11(8(2)16-10)12(14)15-3/h5,9H,4,6-7,13H2,1-3H3. The van der Waals surface area contributed by atoms with Gasteiger partial charge in [-0.2, -0.15) is 11.8 Å². The summed E-state index contributed by atoms with van der Waals surface area (Å²) >= 11 is 1.71. The van der Waals surface area contributed by atoms with Crippen molar-refractivity contribution in [1.82, 2.24) is 0 Å². The second-order valence-electron chi connectivity index (χ2n) is 3.86. The number of thioether (sulfide) groups is 1. The SMILES string of the molecule is CCC(N)CSCc1cc(C(=O)OC)c(C)o1. The molecule has 0 spiro atoms. The fourth-order valence-electron chi connectivity index (χ4n) is 1.36. The molecule has 0 bridgehead atoms. The van der Waals surface area contributed by atoms with E-state index in [9.17, 15) is 4.79 Å². The van der Waals surface area contributed by atoms with Crippen molar-refractivity contribution < 1.29 is 13.9 Å². The molecule has 2 N–H and O–H groups in total. The van der Waals surface area contributed by atoms with Crippen molar-refractivity contribution in [2.75, 3.05) is 12.9 Å². The maximum atomic E-state index is 11.4. The van der Waals surface area contributed by atoms with Gasteiger partial charge >= 0.3 is 5.97 Å². The Labute approximate surface area is 106 Å². The van der Waals surface area contributed by atoms with E-state index in [0.717, 1.165) is 23.7 Å². The lowest BCUT2D eigenvalue weighted by molar-refractivity contribution is 0.0599. The first-order chi connectivity index (χ1) is 8.08. The van der Waals surface area contributed by atoms with Crippen LogP contribution in [0, 0.1) is 6.92 Å². The Morgan fingerprint density at radius 1 is 1.65 bits per heavy atom. The number of furan rings is 1. The van der Waals surface area contributed by atoms with Crippen LogP contribution in [-0.2, 0) is 10.5 Å². The Balaban J connectivity index is 2.53. The summed E-state index contributed by atoms with van der Waals surface area (Å²) in [7, 11) is 1.36. The van der Waals surface area contributed by atoms with Crippen LogP contribution in [-0.4, -0.2) is 24.9 Å². The number of carbonyl (C=O) groups is 1. The van der Waals surface area contributed by atoms with Crippen LogP contribution in [0.2, 0.25) is 0 Å². The van der Waals surface area contributed by atoms with Gasteiger partial charge in [-0.05, 0) is 19.4 Å². The average Bonchev–Trinajstić information content (AvgIpc) is 2.69. The van der Waals surface area contributed by atoms with Gasteiger partial charge in [0.1, 0.15) is 17.1 Å². The molecule has 1 aromatic heterocycles. The predicted molar refractivity (Wildman–Crippen MR) is 69.2 cm³/mol. The van der Waals surface area contributed by atoms with Crippen molar-refractivity contribution in [3.63, 3.8) is 0 Å². The Morgan fingerprint density at radius 3 is 2.94 bits per heavy atom. The fraction of sp³-hybridized carbons (Fsp3) is 0.583. The fourth-order valence-corrected chi connectivity index (χ4v) is 2.36. The highest BCUT2D eigenvalue weighted by Gasteiger charge is 2.15. The lowest BCUT2D eigenvalue weighted by Crippen LogP contribution is -2.21. The summed E-state index contributed by atoms with van der Waals surface area (Å²) in [5, 5.41) is 0. The zero-order chi connectivity index (χ0) is 12.8. The van der Waals surface area contributed by atoms with Crippen LogP contribution in [0.4, 0.5) is 0 Å². The number of esters is 1. The van der Waals surface area contributed by atoms with Gasteiger partial charge in [0, 0.05) is 11.8 Å². The molecule has 1 aromatic rings. The Bertz CT molecular complexity index is 376. The van der Waals surface area contributed by atoms with Crippen molar-refractivity contribution in [3.05, 3.63) is 23.2 Å². The van der Waals surface area contributed by atoms with E-state index in [-0.39, 0.29) is 12.0 Å². The van der Waals surface area contributed by atoms with Gasteiger partial charge in [-0.1, -0.05) is 6.92 Å². The minimum absolute atomic E-state index is 0.219. The maximum Gasteiger partial charge on any atom is 0.341 e. The number of methoxy groups -OCH3 is 1. The van der Waals surface area contributed by atoms with E-state index >= 15 is 0 Å². The summed E-state index contributed by atoms with van der Waals surface area (Å²) in [5.74, 6) is 2.66. The van der Waals surface area contributed by atoms with Crippen LogP contribution in [0.5, 0.6) is 0 Å². The summed E-state index contributed by atoms with van der Waals surface area (Å²) in [6.45, 7) is 3.83. The quantitative estimate of drug-likeness (QED) is 0.792. The third kappa shape index (κ3) is 4.09. The molecule has 0 aliphatic carbocycles. The van der Waals surface area contributed by atoms with Crippen molar-refractivity contribution in [3.8, 4) is 0 Å². The van der Waals surface area contributed by atoms with E-state index in [1.165, 1.54) is 7.11 Å². The monoisotopic (exact) mass is 257 g/mol. The Kier molecular flexibility index (Phi) is 5.58. The third-order valence-corrected chi connectivity index (χ3v) is 3.63. The van der Waals surface area contributed by atoms with Crippen LogP contribution >= 0.6 is 11.8 Å². The van der Waals surface area contributed by atoms with E-state index in [4.69, 9.17) is 10.2 Å². The average molecular weight is 257 g/mol. The second-order valence-corrected chi connectivity index (χ2v) is 4.89. The van der Waals surface area contributed by atoms with Crippen molar-refractivity contribution in [1.29, 1.82) is 0 Å². The Morgan fingerprint density at radius 2 is 2.35 bits per heavy atom. The summed E-state index contributed by atoms with van der Waals surface area (Å²) < 4.78 is 10.2. The Hall–Kier alpha value is -0.940. The molecule has 0 amide bonds. The molecule has 0 aromatic carbocycles. The lowest BCUT2D eigenvalue weighted by Gasteiger charge is -2.06. The van der Waals surface area contributed by atoms with Crippen molar-refractivity contribution in [2.24, 2.45) is 5.73 Å². The predicted octanol–water partition coefficient (Wildman–Crippen LogP) is 2.35. The molecule has 0 aliphatic heterocycles. The van der Waals surface area contributed by atoms with Crippen LogP contribution in [0.15, 0.2) is 10.5 Å². The van der Waals surface area contributed by atoms with Gasteiger partial charge in [0.2, 0.25) is 0 Å². The highest BCUT2D eigenvalue weighted by molar-refractivity contribution is 7.98. The van der Waals surface area contributed by atoms with E-state index in [2.05, 4.69) is 11.7 Å². The second kappa shape index (κ2) is 6.71. The summed E-state index contributed by atoms with van der Waals surface area (Å²) in [4.78, 5) is 11.4. The van der Waals surface area contributed by atoms with Gasteiger partial charge in [0.25, 0.3) is 0 Å². The number of nitrogens with two attached hydrogens (primary N) is 1. The van der Waals surface area contributed by atoms with E-state index in [1.807, 2.05) is 0 Å². The first-order valence-electron chi connectivity index (χ1n) is 5.59. The molecule has 4 nitrogen and oxygen atoms in total. The minimum atomic E-state index is -0.354. The molecule has 1 atom stereocenters. The lowest BCUT2D eigenvalue weighted by atomic mass is 10.2. The van der Waals surface area contributed by atoms with E-state index < -0.39 is 0 Å². The number of ether oxygens (including phenoxy) is 1.